The van der Waals surface area contributed by atoms with Gasteiger partial charge in [-0.05, 0) is 56.9 Å². The summed E-state index contributed by atoms with van der Waals surface area (Å²) in [6.07, 6.45) is 4.58. The summed E-state index contributed by atoms with van der Waals surface area (Å²) in [5.41, 5.74) is 1.22. The van der Waals surface area contributed by atoms with Crippen LogP contribution in [0.2, 0.25) is 0 Å². The lowest BCUT2D eigenvalue weighted by Gasteiger charge is -2.35. The van der Waals surface area contributed by atoms with Crippen molar-refractivity contribution in [1.29, 1.82) is 5.26 Å². The first kappa shape index (κ1) is 16.3. The van der Waals surface area contributed by atoms with Crippen molar-refractivity contribution in [2.45, 2.75) is 45.6 Å². The SMILES string of the molecule is CCOc1ccc(-n2nc(C#N)c(N3CCCCC3CC)n2)cc1. The molecule has 0 aliphatic carbocycles. The van der Waals surface area contributed by atoms with Gasteiger partial charge >= 0.3 is 0 Å². The molecule has 1 unspecified atom stereocenters. The molecule has 126 valence electrons. The van der Waals surface area contributed by atoms with Crippen LogP contribution < -0.4 is 9.64 Å². The van der Waals surface area contributed by atoms with Gasteiger partial charge in [0, 0.05) is 12.6 Å². The second-order valence-corrected chi connectivity index (χ2v) is 5.95. The van der Waals surface area contributed by atoms with E-state index in [0.29, 0.717) is 24.2 Å². The predicted molar refractivity (Wildman–Crippen MR) is 92.5 cm³/mol. The van der Waals surface area contributed by atoms with Crippen molar-refractivity contribution in [3.63, 3.8) is 0 Å². The lowest BCUT2D eigenvalue weighted by molar-refractivity contribution is 0.340. The molecule has 6 nitrogen and oxygen atoms in total. The molecular weight excluding hydrogens is 302 g/mol. The molecule has 0 radical (unpaired) electrons. The summed E-state index contributed by atoms with van der Waals surface area (Å²) in [4.78, 5) is 3.80. The lowest BCUT2D eigenvalue weighted by atomic mass is 10.00. The Labute approximate surface area is 142 Å². The van der Waals surface area contributed by atoms with Crippen molar-refractivity contribution >= 4 is 5.82 Å². The van der Waals surface area contributed by atoms with Crippen molar-refractivity contribution in [3.8, 4) is 17.5 Å². The van der Waals surface area contributed by atoms with Gasteiger partial charge in [0.15, 0.2) is 5.82 Å². The van der Waals surface area contributed by atoms with Gasteiger partial charge in [0.05, 0.1) is 12.3 Å². The van der Waals surface area contributed by atoms with E-state index in [4.69, 9.17) is 4.74 Å². The molecule has 6 heteroatoms. The van der Waals surface area contributed by atoms with Gasteiger partial charge in [0.1, 0.15) is 11.8 Å². The molecular formula is C18H23N5O. The summed E-state index contributed by atoms with van der Waals surface area (Å²) in [7, 11) is 0. The largest absolute Gasteiger partial charge is 0.494 e. The molecule has 1 atom stereocenters. The number of ether oxygens (including phenoxy) is 1. The maximum Gasteiger partial charge on any atom is 0.207 e. The molecule has 2 aromatic rings. The van der Waals surface area contributed by atoms with Gasteiger partial charge in [-0.15, -0.1) is 15.0 Å². The molecule has 1 saturated heterocycles. The summed E-state index contributed by atoms with van der Waals surface area (Å²) >= 11 is 0. The molecule has 1 aromatic heterocycles. The Balaban J connectivity index is 1.91. The van der Waals surface area contributed by atoms with Gasteiger partial charge in [-0.25, -0.2) is 0 Å². The van der Waals surface area contributed by atoms with Crippen LogP contribution in [0.4, 0.5) is 5.82 Å². The predicted octanol–water partition coefficient (Wildman–Crippen LogP) is 3.31. The minimum atomic E-state index is 0.393. The number of anilines is 1. The number of rotatable bonds is 5. The summed E-state index contributed by atoms with van der Waals surface area (Å²) < 4.78 is 5.46. The van der Waals surface area contributed by atoms with Crippen molar-refractivity contribution in [2.24, 2.45) is 0 Å². The van der Waals surface area contributed by atoms with Crippen LogP contribution in [0, 0.1) is 11.3 Å². The van der Waals surface area contributed by atoms with Crippen LogP contribution in [0.25, 0.3) is 5.69 Å². The fraction of sp³-hybridized carbons (Fsp3) is 0.500. The molecule has 0 amide bonds. The van der Waals surface area contributed by atoms with E-state index in [0.717, 1.165) is 37.2 Å². The van der Waals surface area contributed by atoms with Gasteiger partial charge in [-0.1, -0.05) is 6.92 Å². The van der Waals surface area contributed by atoms with Gasteiger partial charge in [0.2, 0.25) is 5.69 Å². The third-order valence-corrected chi connectivity index (χ3v) is 4.45. The third-order valence-electron chi connectivity index (χ3n) is 4.45. The fourth-order valence-corrected chi connectivity index (χ4v) is 3.23. The first-order valence-corrected chi connectivity index (χ1v) is 8.64. The number of aromatic nitrogens is 3. The van der Waals surface area contributed by atoms with Gasteiger partial charge in [0.25, 0.3) is 0 Å². The lowest BCUT2D eigenvalue weighted by Crippen LogP contribution is -2.39. The molecule has 0 bridgehead atoms. The zero-order valence-electron chi connectivity index (χ0n) is 14.3. The highest BCUT2D eigenvalue weighted by Gasteiger charge is 2.26. The van der Waals surface area contributed by atoms with Crippen LogP contribution in [0.15, 0.2) is 24.3 Å². The highest BCUT2D eigenvalue weighted by molar-refractivity contribution is 5.51. The Kier molecular flexibility index (Phi) is 4.99. The minimum absolute atomic E-state index is 0.393. The Morgan fingerprint density at radius 1 is 1.21 bits per heavy atom. The van der Waals surface area contributed by atoms with Crippen molar-refractivity contribution in [1.82, 2.24) is 15.0 Å². The van der Waals surface area contributed by atoms with Crippen LogP contribution in [0.5, 0.6) is 5.75 Å². The molecule has 1 aliphatic heterocycles. The van der Waals surface area contributed by atoms with Crippen molar-refractivity contribution < 1.29 is 4.74 Å². The van der Waals surface area contributed by atoms with E-state index in [-0.39, 0.29) is 0 Å². The topological polar surface area (TPSA) is 67.0 Å². The van der Waals surface area contributed by atoms with E-state index in [1.54, 1.807) is 4.80 Å². The quantitative estimate of drug-likeness (QED) is 0.843. The third kappa shape index (κ3) is 3.21. The van der Waals surface area contributed by atoms with E-state index in [9.17, 15) is 5.26 Å². The average molecular weight is 325 g/mol. The standard InChI is InChI=1S/C18H23N5O/c1-3-14-7-5-6-12-22(14)18-17(13-19)20-23(21-18)15-8-10-16(11-9-15)24-4-2/h8-11,14H,3-7,12H2,1-2H3. The van der Waals surface area contributed by atoms with Crippen LogP contribution in [0.1, 0.15) is 45.2 Å². The van der Waals surface area contributed by atoms with Gasteiger partial charge < -0.3 is 9.64 Å². The van der Waals surface area contributed by atoms with E-state index >= 15 is 0 Å². The molecule has 2 heterocycles. The van der Waals surface area contributed by atoms with Gasteiger partial charge in [-0.3, -0.25) is 0 Å². The van der Waals surface area contributed by atoms with Crippen molar-refractivity contribution in [2.75, 3.05) is 18.1 Å². The summed E-state index contributed by atoms with van der Waals surface area (Å²) in [5, 5.41) is 18.5. The number of benzene rings is 1. The zero-order valence-corrected chi connectivity index (χ0v) is 14.3. The zero-order chi connectivity index (χ0) is 16.9. The smallest absolute Gasteiger partial charge is 0.207 e. The molecule has 0 N–H and O–H groups in total. The molecule has 3 rings (SSSR count). The average Bonchev–Trinajstić information content (AvgIpc) is 3.07. The number of hydrogen-bond acceptors (Lipinski definition) is 5. The second-order valence-electron chi connectivity index (χ2n) is 5.95. The Bertz CT molecular complexity index is 716. The molecule has 1 aliphatic rings. The normalized spacial score (nSPS) is 17.5. The summed E-state index contributed by atoms with van der Waals surface area (Å²) in [5.74, 6) is 1.52. The number of nitrogens with zero attached hydrogens (tertiary/aromatic N) is 5. The van der Waals surface area contributed by atoms with Crippen LogP contribution >= 0.6 is 0 Å². The van der Waals surface area contributed by atoms with Crippen LogP contribution in [-0.4, -0.2) is 34.2 Å². The number of piperidine rings is 1. The van der Waals surface area contributed by atoms with Crippen molar-refractivity contribution in [3.05, 3.63) is 30.0 Å². The minimum Gasteiger partial charge on any atom is -0.494 e. The highest BCUT2D eigenvalue weighted by Crippen LogP contribution is 2.27. The summed E-state index contributed by atoms with van der Waals surface area (Å²) in [6, 6.07) is 10.2. The monoisotopic (exact) mass is 325 g/mol. The Hall–Kier alpha value is -2.55. The molecule has 0 saturated carbocycles. The molecule has 24 heavy (non-hydrogen) atoms. The maximum atomic E-state index is 9.47. The Morgan fingerprint density at radius 2 is 2.00 bits per heavy atom. The van der Waals surface area contributed by atoms with E-state index in [1.165, 1.54) is 6.42 Å². The molecule has 1 fully saturated rings. The van der Waals surface area contributed by atoms with E-state index in [2.05, 4.69) is 28.1 Å². The van der Waals surface area contributed by atoms with Crippen LogP contribution in [-0.2, 0) is 0 Å². The number of nitriles is 1. The van der Waals surface area contributed by atoms with E-state index in [1.807, 2.05) is 31.2 Å². The summed E-state index contributed by atoms with van der Waals surface area (Å²) in [6.45, 7) is 5.72. The van der Waals surface area contributed by atoms with E-state index < -0.39 is 0 Å². The maximum absolute atomic E-state index is 9.47. The highest BCUT2D eigenvalue weighted by atomic mass is 16.5. The first-order chi connectivity index (χ1) is 11.8. The number of hydrogen-bond donors (Lipinski definition) is 0. The van der Waals surface area contributed by atoms with Gasteiger partial charge in [-0.2, -0.15) is 5.26 Å². The molecule has 0 spiro atoms. The molecule has 1 aromatic carbocycles. The van der Waals surface area contributed by atoms with Crippen LogP contribution in [0.3, 0.4) is 0 Å². The fourth-order valence-electron chi connectivity index (χ4n) is 3.23. The first-order valence-electron chi connectivity index (χ1n) is 8.64. The second kappa shape index (κ2) is 7.35. The Morgan fingerprint density at radius 3 is 2.67 bits per heavy atom.